The predicted octanol–water partition coefficient (Wildman–Crippen LogP) is 2.59. The largest absolute Gasteiger partial charge is 0.453 e. The fourth-order valence-corrected chi connectivity index (χ4v) is 2.07. The number of hydrogen-bond acceptors (Lipinski definition) is 5. The van der Waals surface area contributed by atoms with E-state index < -0.39 is 24.1 Å². The van der Waals surface area contributed by atoms with E-state index in [2.05, 4.69) is 20.7 Å². The van der Waals surface area contributed by atoms with Crippen molar-refractivity contribution >= 4 is 40.0 Å². The molecule has 0 radical (unpaired) electrons. The molecular weight excluding hydrogens is 354 g/mol. The molecule has 0 spiro atoms. The number of carbonyl (C=O) groups excluding carboxylic acids is 3. The van der Waals surface area contributed by atoms with Gasteiger partial charge >= 0.3 is 12.1 Å². The van der Waals surface area contributed by atoms with E-state index in [1.54, 1.807) is 6.08 Å². The molecule has 7 heteroatoms. The summed E-state index contributed by atoms with van der Waals surface area (Å²) in [6, 6.07) is 5.66. The van der Waals surface area contributed by atoms with Crippen molar-refractivity contribution in [2.75, 3.05) is 7.11 Å². The molecule has 0 unspecified atom stereocenters. The maximum atomic E-state index is 11.6. The van der Waals surface area contributed by atoms with Gasteiger partial charge in [0.1, 0.15) is 0 Å². The normalized spacial score (nSPS) is 11.8. The number of rotatable bonds is 4. The van der Waals surface area contributed by atoms with Crippen LogP contribution >= 0.6 is 15.9 Å². The molecule has 22 heavy (non-hydrogen) atoms. The molecule has 1 aromatic rings. The lowest BCUT2D eigenvalue weighted by molar-refractivity contribution is -0.149. The molecule has 6 nitrogen and oxygen atoms in total. The minimum Gasteiger partial charge on any atom is -0.453 e. The standard InChI is InChI=1S/C15H16BrNO5/c1-9-4-5-11(12(16)8-9)6-7-13(18)22-10(2)14(19)17-15(20)21-3/h4-8,10H,1-3H3,(H,17,19,20)/b7-6+/t10-/m0/s1. The monoisotopic (exact) mass is 369 g/mol. The Balaban J connectivity index is 2.60. The van der Waals surface area contributed by atoms with Crippen LogP contribution in [0.5, 0.6) is 0 Å². The molecule has 0 heterocycles. The van der Waals surface area contributed by atoms with Crippen LogP contribution in [0.25, 0.3) is 6.08 Å². The van der Waals surface area contributed by atoms with Gasteiger partial charge in [-0.05, 0) is 37.1 Å². The molecule has 1 aromatic carbocycles. The van der Waals surface area contributed by atoms with Crippen molar-refractivity contribution in [3.05, 3.63) is 39.9 Å². The van der Waals surface area contributed by atoms with Crippen LogP contribution < -0.4 is 5.32 Å². The summed E-state index contributed by atoms with van der Waals surface area (Å²) in [5, 5.41) is 1.91. The van der Waals surface area contributed by atoms with Crippen molar-refractivity contribution in [3.8, 4) is 0 Å². The fourth-order valence-electron chi connectivity index (χ4n) is 1.45. The molecule has 0 saturated carbocycles. The van der Waals surface area contributed by atoms with E-state index in [1.165, 1.54) is 13.0 Å². The zero-order valence-corrected chi connectivity index (χ0v) is 14.0. The van der Waals surface area contributed by atoms with Gasteiger partial charge in [0, 0.05) is 10.5 Å². The van der Waals surface area contributed by atoms with E-state index in [4.69, 9.17) is 4.74 Å². The summed E-state index contributed by atoms with van der Waals surface area (Å²) in [5.41, 5.74) is 1.88. The number of amides is 2. The van der Waals surface area contributed by atoms with E-state index in [0.29, 0.717) is 0 Å². The van der Waals surface area contributed by atoms with Crippen LogP contribution in [-0.4, -0.2) is 31.2 Å². The molecule has 1 rings (SSSR count). The number of benzene rings is 1. The van der Waals surface area contributed by atoms with Crippen molar-refractivity contribution < 1.29 is 23.9 Å². The summed E-state index contributed by atoms with van der Waals surface area (Å²) < 4.78 is 10.00. The van der Waals surface area contributed by atoms with Crippen LogP contribution in [-0.2, 0) is 19.1 Å². The van der Waals surface area contributed by atoms with E-state index >= 15 is 0 Å². The van der Waals surface area contributed by atoms with Gasteiger partial charge in [-0.3, -0.25) is 10.1 Å². The number of hydrogen-bond donors (Lipinski definition) is 1. The highest BCUT2D eigenvalue weighted by Crippen LogP contribution is 2.19. The van der Waals surface area contributed by atoms with Crippen LogP contribution in [0.2, 0.25) is 0 Å². The Morgan fingerprint density at radius 1 is 1.32 bits per heavy atom. The maximum absolute atomic E-state index is 11.6. The number of carbonyl (C=O) groups is 3. The first-order valence-electron chi connectivity index (χ1n) is 6.37. The van der Waals surface area contributed by atoms with Gasteiger partial charge in [-0.15, -0.1) is 0 Å². The number of aryl methyl sites for hydroxylation is 1. The molecular formula is C15H16BrNO5. The first-order valence-corrected chi connectivity index (χ1v) is 7.16. The molecule has 1 atom stereocenters. The maximum Gasteiger partial charge on any atom is 0.413 e. The summed E-state index contributed by atoms with van der Waals surface area (Å²) >= 11 is 3.39. The number of nitrogens with one attached hydrogen (secondary N) is 1. The lowest BCUT2D eigenvalue weighted by Crippen LogP contribution is -2.39. The summed E-state index contributed by atoms with van der Waals surface area (Å²) in [4.78, 5) is 34.0. The van der Waals surface area contributed by atoms with Crippen LogP contribution in [0.3, 0.4) is 0 Å². The Morgan fingerprint density at radius 3 is 2.59 bits per heavy atom. The first kappa shape index (κ1) is 17.9. The topological polar surface area (TPSA) is 81.7 Å². The van der Waals surface area contributed by atoms with E-state index in [0.717, 1.165) is 22.7 Å². The number of esters is 1. The Hall–Kier alpha value is -2.15. The zero-order valence-electron chi connectivity index (χ0n) is 12.4. The van der Waals surface area contributed by atoms with Crippen LogP contribution in [0.15, 0.2) is 28.7 Å². The first-order chi connectivity index (χ1) is 10.3. The van der Waals surface area contributed by atoms with Gasteiger partial charge in [-0.2, -0.15) is 0 Å². The average molecular weight is 370 g/mol. The highest BCUT2D eigenvalue weighted by atomic mass is 79.9. The average Bonchev–Trinajstić information content (AvgIpc) is 2.45. The molecule has 0 aliphatic rings. The van der Waals surface area contributed by atoms with Crippen molar-refractivity contribution in [1.82, 2.24) is 5.32 Å². The number of ether oxygens (including phenoxy) is 2. The quantitative estimate of drug-likeness (QED) is 0.651. The molecule has 0 bridgehead atoms. The Kier molecular flexibility index (Phi) is 6.78. The predicted molar refractivity (Wildman–Crippen MR) is 84.0 cm³/mol. The third kappa shape index (κ3) is 5.69. The van der Waals surface area contributed by atoms with Crippen LogP contribution in [0.1, 0.15) is 18.1 Å². The third-order valence-electron chi connectivity index (χ3n) is 2.63. The van der Waals surface area contributed by atoms with Gasteiger partial charge < -0.3 is 9.47 Å². The van der Waals surface area contributed by atoms with Gasteiger partial charge in [0.05, 0.1) is 7.11 Å². The molecule has 118 valence electrons. The Bertz CT molecular complexity index is 612. The smallest absolute Gasteiger partial charge is 0.413 e. The molecule has 0 aliphatic carbocycles. The minimum atomic E-state index is -1.11. The molecule has 1 N–H and O–H groups in total. The number of imide groups is 1. The Morgan fingerprint density at radius 2 is 2.00 bits per heavy atom. The number of methoxy groups -OCH3 is 1. The second-order valence-corrected chi connectivity index (χ2v) is 5.27. The third-order valence-corrected chi connectivity index (χ3v) is 3.31. The van der Waals surface area contributed by atoms with Gasteiger partial charge in [0.2, 0.25) is 0 Å². The highest BCUT2D eigenvalue weighted by molar-refractivity contribution is 9.10. The molecule has 0 aliphatic heterocycles. The van der Waals surface area contributed by atoms with E-state index in [1.807, 2.05) is 30.4 Å². The van der Waals surface area contributed by atoms with Crippen molar-refractivity contribution in [1.29, 1.82) is 0 Å². The number of alkyl carbamates (subject to hydrolysis) is 1. The van der Waals surface area contributed by atoms with Gasteiger partial charge in [0.15, 0.2) is 6.10 Å². The fraction of sp³-hybridized carbons (Fsp3) is 0.267. The van der Waals surface area contributed by atoms with E-state index in [9.17, 15) is 14.4 Å². The van der Waals surface area contributed by atoms with Crippen LogP contribution in [0.4, 0.5) is 4.79 Å². The molecule has 0 fully saturated rings. The summed E-state index contributed by atoms with van der Waals surface area (Å²) in [6.45, 7) is 3.31. The molecule has 0 aromatic heterocycles. The lowest BCUT2D eigenvalue weighted by atomic mass is 10.1. The number of halogens is 1. The second kappa shape index (κ2) is 8.33. The minimum absolute atomic E-state index is 0.694. The summed E-state index contributed by atoms with van der Waals surface area (Å²) in [6.07, 6.45) is 0.749. The molecule has 2 amide bonds. The van der Waals surface area contributed by atoms with Gasteiger partial charge in [-0.1, -0.05) is 28.1 Å². The van der Waals surface area contributed by atoms with Gasteiger partial charge in [0.25, 0.3) is 5.91 Å². The van der Waals surface area contributed by atoms with Crippen molar-refractivity contribution in [2.45, 2.75) is 20.0 Å². The van der Waals surface area contributed by atoms with E-state index in [-0.39, 0.29) is 0 Å². The summed E-state index contributed by atoms with van der Waals surface area (Å²) in [5.74, 6) is -1.45. The SMILES string of the molecule is COC(=O)NC(=O)[C@H](C)OC(=O)/C=C/c1ccc(C)cc1Br. The van der Waals surface area contributed by atoms with Gasteiger partial charge in [-0.25, -0.2) is 9.59 Å². The highest BCUT2D eigenvalue weighted by Gasteiger charge is 2.19. The second-order valence-electron chi connectivity index (χ2n) is 4.42. The van der Waals surface area contributed by atoms with Crippen LogP contribution in [0, 0.1) is 6.92 Å². The lowest BCUT2D eigenvalue weighted by Gasteiger charge is -2.10. The summed E-state index contributed by atoms with van der Waals surface area (Å²) in [7, 11) is 1.13. The zero-order chi connectivity index (χ0) is 16.7. The molecule has 0 saturated heterocycles. The Labute approximate surface area is 136 Å². The van der Waals surface area contributed by atoms with Crippen molar-refractivity contribution in [2.24, 2.45) is 0 Å². The van der Waals surface area contributed by atoms with Crippen molar-refractivity contribution in [3.63, 3.8) is 0 Å².